The van der Waals surface area contributed by atoms with Crippen molar-refractivity contribution in [2.24, 2.45) is 0 Å². The summed E-state index contributed by atoms with van der Waals surface area (Å²) in [6.45, 7) is 6.55. The molecule has 2 heteroatoms. The van der Waals surface area contributed by atoms with Crippen molar-refractivity contribution >= 4 is 10.9 Å². The van der Waals surface area contributed by atoms with Gasteiger partial charge in [0.1, 0.15) is 5.82 Å². The van der Waals surface area contributed by atoms with Crippen LogP contribution < -0.4 is 0 Å². The van der Waals surface area contributed by atoms with Crippen LogP contribution in [0.4, 0.5) is 4.39 Å². The topological polar surface area (TPSA) is 4.93 Å². The van der Waals surface area contributed by atoms with Gasteiger partial charge in [-0.2, -0.15) is 0 Å². The van der Waals surface area contributed by atoms with E-state index in [9.17, 15) is 4.39 Å². The summed E-state index contributed by atoms with van der Waals surface area (Å²) >= 11 is 0. The zero-order valence-corrected chi connectivity index (χ0v) is 8.13. The molecule has 0 amide bonds. The fourth-order valence-corrected chi connectivity index (χ4v) is 1.61. The van der Waals surface area contributed by atoms with Crippen LogP contribution in [0, 0.1) is 5.82 Å². The minimum absolute atomic E-state index is 0.164. The lowest BCUT2D eigenvalue weighted by Crippen LogP contribution is -1.95. The maximum atomic E-state index is 13.3. The van der Waals surface area contributed by atoms with Crippen molar-refractivity contribution in [1.82, 2.24) is 4.57 Å². The second kappa shape index (κ2) is 3.29. The molecule has 0 radical (unpaired) electrons. The molecule has 0 aliphatic rings. The number of benzene rings is 1. The van der Waals surface area contributed by atoms with Gasteiger partial charge >= 0.3 is 0 Å². The minimum Gasteiger partial charge on any atom is -0.343 e. The second-order valence-corrected chi connectivity index (χ2v) is 3.57. The first-order chi connectivity index (χ1) is 6.68. The average Bonchev–Trinajstić information content (AvgIpc) is 2.49. The Morgan fingerprint density at radius 3 is 2.93 bits per heavy atom. The maximum absolute atomic E-state index is 13.3. The number of nitrogens with zero attached hydrogens (tertiary/aromatic N) is 1. The van der Waals surface area contributed by atoms with Gasteiger partial charge in [-0.3, -0.25) is 0 Å². The van der Waals surface area contributed by atoms with Crippen LogP contribution in [-0.4, -0.2) is 4.57 Å². The van der Waals surface area contributed by atoms with Crippen molar-refractivity contribution in [2.45, 2.75) is 13.5 Å². The summed E-state index contributed by atoms with van der Waals surface area (Å²) in [5, 5.41) is 0.675. The number of hydrogen-bond acceptors (Lipinski definition) is 0. The molecule has 1 heterocycles. The highest BCUT2D eigenvalue weighted by Crippen LogP contribution is 2.19. The molecule has 2 aromatic rings. The molecule has 0 spiro atoms. The molecule has 1 nitrogen and oxygen atoms in total. The molecule has 0 atom stereocenters. The predicted octanol–water partition coefficient (Wildman–Crippen LogP) is 3.36. The van der Waals surface area contributed by atoms with Gasteiger partial charge in [-0.25, -0.2) is 4.39 Å². The van der Waals surface area contributed by atoms with E-state index in [-0.39, 0.29) is 5.82 Å². The highest BCUT2D eigenvalue weighted by Gasteiger charge is 2.04. The quantitative estimate of drug-likeness (QED) is 0.638. The first-order valence-corrected chi connectivity index (χ1v) is 4.56. The molecule has 0 saturated carbocycles. The highest BCUT2D eigenvalue weighted by atomic mass is 19.1. The van der Waals surface area contributed by atoms with Gasteiger partial charge in [0.05, 0.1) is 5.52 Å². The van der Waals surface area contributed by atoms with E-state index in [0.29, 0.717) is 5.39 Å². The minimum atomic E-state index is -0.164. The Balaban J connectivity index is 2.58. The lowest BCUT2D eigenvalue weighted by atomic mass is 10.2. The van der Waals surface area contributed by atoms with Gasteiger partial charge in [0.2, 0.25) is 0 Å². The predicted molar refractivity (Wildman–Crippen MR) is 56.7 cm³/mol. The Bertz CT molecular complexity index is 482. The van der Waals surface area contributed by atoms with Crippen LogP contribution in [0.5, 0.6) is 0 Å². The molecule has 0 unspecified atom stereocenters. The fraction of sp³-hybridized carbons (Fsp3) is 0.167. The Morgan fingerprint density at radius 2 is 2.21 bits per heavy atom. The van der Waals surface area contributed by atoms with E-state index in [0.717, 1.165) is 17.6 Å². The summed E-state index contributed by atoms with van der Waals surface area (Å²) in [5.74, 6) is -0.164. The van der Waals surface area contributed by atoms with Gasteiger partial charge in [0.25, 0.3) is 0 Å². The van der Waals surface area contributed by atoms with E-state index in [2.05, 4.69) is 6.58 Å². The standard InChI is InChI=1S/C12H12FN/c1-9(2)8-14-7-6-10-11(13)4-3-5-12(10)14/h3-7H,1,8H2,2H3. The third-order valence-corrected chi connectivity index (χ3v) is 2.20. The Kier molecular flexibility index (Phi) is 2.12. The van der Waals surface area contributed by atoms with Crippen molar-refractivity contribution in [2.75, 3.05) is 0 Å². The summed E-state index contributed by atoms with van der Waals surface area (Å²) in [7, 11) is 0. The van der Waals surface area contributed by atoms with E-state index in [1.807, 2.05) is 23.8 Å². The van der Waals surface area contributed by atoms with Crippen LogP contribution in [0.15, 0.2) is 42.6 Å². The molecule has 14 heavy (non-hydrogen) atoms. The monoisotopic (exact) mass is 189 g/mol. The van der Waals surface area contributed by atoms with Crippen LogP contribution in [0.3, 0.4) is 0 Å². The fourth-order valence-electron chi connectivity index (χ4n) is 1.61. The van der Waals surface area contributed by atoms with E-state index in [1.165, 1.54) is 6.07 Å². The summed E-state index contributed by atoms with van der Waals surface area (Å²) in [6.07, 6.45) is 1.89. The summed E-state index contributed by atoms with van der Waals surface area (Å²) in [4.78, 5) is 0. The summed E-state index contributed by atoms with van der Waals surface area (Å²) in [6, 6.07) is 6.93. The van der Waals surface area contributed by atoms with Gasteiger partial charge in [-0.05, 0) is 25.1 Å². The summed E-state index contributed by atoms with van der Waals surface area (Å²) in [5.41, 5.74) is 1.99. The number of allylic oxidation sites excluding steroid dienone is 1. The largest absolute Gasteiger partial charge is 0.343 e. The van der Waals surface area contributed by atoms with Gasteiger partial charge in [-0.15, -0.1) is 0 Å². The highest BCUT2D eigenvalue weighted by molar-refractivity contribution is 5.80. The van der Waals surface area contributed by atoms with E-state index in [1.54, 1.807) is 12.1 Å². The van der Waals surface area contributed by atoms with Crippen LogP contribution >= 0.6 is 0 Å². The van der Waals surface area contributed by atoms with Crippen molar-refractivity contribution < 1.29 is 4.39 Å². The molecule has 0 saturated heterocycles. The molecule has 1 aromatic heterocycles. The van der Waals surface area contributed by atoms with Gasteiger partial charge in [0, 0.05) is 18.1 Å². The smallest absolute Gasteiger partial charge is 0.132 e. The van der Waals surface area contributed by atoms with Crippen LogP contribution in [0.2, 0.25) is 0 Å². The van der Waals surface area contributed by atoms with Crippen molar-refractivity contribution in [1.29, 1.82) is 0 Å². The molecule has 1 aromatic carbocycles. The van der Waals surface area contributed by atoms with Crippen LogP contribution in [0.1, 0.15) is 6.92 Å². The normalized spacial score (nSPS) is 10.7. The molecule has 72 valence electrons. The van der Waals surface area contributed by atoms with Crippen molar-refractivity contribution in [3.05, 3.63) is 48.4 Å². The Hall–Kier alpha value is -1.57. The third-order valence-electron chi connectivity index (χ3n) is 2.20. The molecule has 0 aliphatic carbocycles. The zero-order valence-electron chi connectivity index (χ0n) is 8.13. The SMILES string of the molecule is C=C(C)Cn1ccc2c(F)cccc21. The Morgan fingerprint density at radius 1 is 1.43 bits per heavy atom. The first kappa shape index (κ1) is 9.00. The number of fused-ring (bicyclic) bond motifs is 1. The van der Waals surface area contributed by atoms with Gasteiger partial charge < -0.3 is 4.57 Å². The molecular weight excluding hydrogens is 177 g/mol. The molecule has 0 aliphatic heterocycles. The van der Waals surface area contributed by atoms with Crippen molar-refractivity contribution in [3.8, 4) is 0 Å². The second-order valence-electron chi connectivity index (χ2n) is 3.57. The molecule has 0 bridgehead atoms. The summed E-state index contributed by atoms with van der Waals surface area (Å²) < 4.78 is 15.3. The molecular formula is C12H12FN. The Labute approximate surface area is 82.5 Å². The lowest BCUT2D eigenvalue weighted by molar-refractivity contribution is 0.639. The number of hydrogen-bond donors (Lipinski definition) is 0. The number of halogens is 1. The number of rotatable bonds is 2. The molecule has 0 N–H and O–H groups in total. The van der Waals surface area contributed by atoms with E-state index >= 15 is 0 Å². The number of aromatic nitrogens is 1. The van der Waals surface area contributed by atoms with E-state index in [4.69, 9.17) is 0 Å². The average molecular weight is 189 g/mol. The first-order valence-electron chi connectivity index (χ1n) is 4.56. The lowest BCUT2D eigenvalue weighted by Gasteiger charge is -2.04. The van der Waals surface area contributed by atoms with Crippen LogP contribution in [-0.2, 0) is 6.54 Å². The van der Waals surface area contributed by atoms with Crippen molar-refractivity contribution in [3.63, 3.8) is 0 Å². The molecule has 0 fully saturated rings. The third kappa shape index (κ3) is 1.43. The molecule has 2 rings (SSSR count). The maximum Gasteiger partial charge on any atom is 0.132 e. The van der Waals surface area contributed by atoms with Crippen LogP contribution in [0.25, 0.3) is 10.9 Å². The zero-order chi connectivity index (χ0) is 10.1. The van der Waals surface area contributed by atoms with E-state index < -0.39 is 0 Å². The van der Waals surface area contributed by atoms with Gasteiger partial charge in [-0.1, -0.05) is 18.2 Å². The van der Waals surface area contributed by atoms with Gasteiger partial charge in [0.15, 0.2) is 0 Å².